The van der Waals surface area contributed by atoms with E-state index >= 15 is 0 Å². The third-order valence-corrected chi connectivity index (χ3v) is 4.97. The summed E-state index contributed by atoms with van der Waals surface area (Å²) in [6.45, 7) is 4.06. The molecule has 0 radical (unpaired) electrons. The second kappa shape index (κ2) is 8.52. The van der Waals surface area contributed by atoms with Crippen LogP contribution in [0.15, 0.2) is 28.8 Å². The lowest BCUT2D eigenvalue weighted by Gasteiger charge is -2.40. The third-order valence-electron chi connectivity index (χ3n) is 4.97. The van der Waals surface area contributed by atoms with Gasteiger partial charge >= 0.3 is 0 Å². The maximum Gasteiger partial charge on any atom is 0.254 e. The number of amides is 2. The van der Waals surface area contributed by atoms with Crippen molar-refractivity contribution < 1.29 is 18.8 Å². The molecule has 1 fully saturated rings. The van der Waals surface area contributed by atoms with Crippen molar-refractivity contribution in [2.24, 2.45) is 0 Å². The van der Waals surface area contributed by atoms with Crippen LogP contribution < -0.4 is 0 Å². The van der Waals surface area contributed by atoms with Gasteiger partial charge < -0.3 is 19.1 Å². The summed E-state index contributed by atoms with van der Waals surface area (Å²) < 4.78 is 10.9. The van der Waals surface area contributed by atoms with Crippen LogP contribution in [0.25, 0.3) is 0 Å². The zero-order valence-corrected chi connectivity index (χ0v) is 16.7. The predicted octanol–water partition coefficient (Wildman–Crippen LogP) is 1.89. The highest BCUT2D eigenvalue weighted by Gasteiger charge is 2.41. The Balaban J connectivity index is 1.81. The molecule has 150 valence electrons. The molecule has 1 aromatic carbocycles. The van der Waals surface area contributed by atoms with Gasteiger partial charge in [-0.15, -0.1) is 0 Å². The molecule has 3 rings (SSSR count). The van der Waals surface area contributed by atoms with Crippen LogP contribution in [0.5, 0.6) is 0 Å². The number of nitrogens with zero attached hydrogens (tertiary/aromatic N) is 4. The topological polar surface area (TPSA) is 88.8 Å². The monoisotopic (exact) mass is 386 g/mol. The Morgan fingerprint density at radius 2 is 2.11 bits per heavy atom. The normalized spacial score (nSPS) is 19.7. The largest absolute Gasteiger partial charge is 0.356 e. The minimum Gasteiger partial charge on any atom is -0.356 e. The molecule has 0 bridgehead atoms. The molecule has 2 atom stereocenters. The van der Waals surface area contributed by atoms with Crippen molar-refractivity contribution in [3.8, 4) is 0 Å². The van der Waals surface area contributed by atoms with E-state index in [4.69, 9.17) is 9.26 Å². The first-order valence-electron chi connectivity index (χ1n) is 9.41. The molecule has 0 spiro atoms. The van der Waals surface area contributed by atoms with E-state index in [0.717, 1.165) is 24.0 Å². The lowest BCUT2D eigenvalue weighted by molar-refractivity contribution is -0.167. The fourth-order valence-corrected chi connectivity index (χ4v) is 3.39. The number of aromatic nitrogens is 2. The van der Waals surface area contributed by atoms with E-state index in [1.54, 1.807) is 19.0 Å². The first kappa shape index (κ1) is 20.0. The molecule has 1 aromatic heterocycles. The van der Waals surface area contributed by atoms with Gasteiger partial charge in [0.15, 0.2) is 11.9 Å². The molecule has 8 nitrogen and oxygen atoms in total. The molecule has 0 saturated carbocycles. The Hall–Kier alpha value is -2.74. The highest BCUT2D eigenvalue weighted by molar-refractivity contribution is 5.86. The number of morpholine rings is 1. The standard InChI is InChI=1S/C20H26N4O4/c1-5-8-15-21-16(28-22-15)11-23(3)20(26)19-18(24(4)17(25)12-27-19)14-10-7-6-9-13(14)2/h6-7,9-10,18-19H,5,8,11-12H2,1-4H3/t18-,19+/m1/s1. The number of aryl methyl sites for hydroxylation is 2. The summed E-state index contributed by atoms with van der Waals surface area (Å²) in [5.74, 6) is 0.631. The quantitative estimate of drug-likeness (QED) is 0.753. The SMILES string of the molecule is CCCc1noc(CN(C)C(=O)[C@H]2OCC(=O)N(C)[C@@H]2c2ccccc2C)n1. The fraction of sp³-hybridized carbons (Fsp3) is 0.500. The number of hydrogen-bond donors (Lipinski definition) is 0. The predicted molar refractivity (Wildman–Crippen MR) is 101 cm³/mol. The molecule has 0 N–H and O–H groups in total. The number of ether oxygens (including phenoxy) is 1. The minimum absolute atomic E-state index is 0.121. The molecular weight excluding hydrogens is 360 g/mol. The van der Waals surface area contributed by atoms with Gasteiger partial charge in [-0.2, -0.15) is 4.98 Å². The molecule has 0 aliphatic carbocycles. The third kappa shape index (κ3) is 4.06. The van der Waals surface area contributed by atoms with Crippen LogP contribution in [0.4, 0.5) is 0 Å². The second-order valence-corrected chi connectivity index (χ2v) is 7.09. The molecule has 1 aliphatic rings. The maximum atomic E-state index is 13.2. The summed E-state index contributed by atoms with van der Waals surface area (Å²) in [6, 6.07) is 7.22. The Morgan fingerprint density at radius 1 is 1.36 bits per heavy atom. The van der Waals surface area contributed by atoms with Crippen molar-refractivity contribution >= 4 is 11.8 Å². The lowest BCUT2D eigenvalue weighted by Crippen LogP contribution is -2.53. The highest BCUT2D eigenvalue weighted by atomic mass is 16.5. The van der Waals surface area contributed by atoms with Crippen LogP contribution in [0.3, 0.4) is 0 Å². The Kier molecular flexibility index (Phi) is 6.08. The van der Waals surface area contributed by atoms with Gasteiger partial charge in [0.25, 0.3) is 5.91 Å². The summed E-state index contributed by atoms with van der Waals surface area (Å²) >= 11 is 0. The molecule has 1 aliphatic heterocycles. The molecule has 2 heterocycles. The summed E-state index contributed by atoms with van der Waals surface area (Å²) in [6.07, 6.45) is 0.851. The zero-order valence-electron chi connectivity index (χ0n) is 16.7. The number of likely N-dealkylation sites (N-methyl/N-ethyl adjacent to an activating group) is 2. The van der Waals surface area contributed by atoms with Gasteiger partial charge in [-0.25, -0.2) is 0 Å². The van der Waals surface area contributed by atoms with E-state index in [0.29, 0.717) is 11.7 Å². The summed E-state index contributed by atoms with van der Waals surface area (Å²) in [5.41, 5.74) is 1.90. The average Bonchev–Trinajstić information content (AvgIpc) is 3.11. The van der Waals surface area contributed by atoms with E-state index in [9.17, 15) is 9.59 Å². The number of rotatable bonds is 6. The molecular formula is C20H26N4O4. The first-order valence-corrected chi connectivity index (χ1v) is 9.41. The van der Waals surface area contributed by atoms with Gasteiger partial charge in [0.1, 0.15) is 6.61 Å². The molecule has 2 amide bonds. The minimum atomic E-state index is -0.799. The van der Waals surface area contributed by atoms with Gasteiger partial charge in [-0.3, -0.25) is 9.59 Å². The van der Waals surface area contributed by atoms with Crippen molar-refractivity contribution in [1.29, 1.82) is 0 Å². The number of carbonyl (C=O) groups is 2. The number of hydrogen-bond acceptors (Lipinski definition) is 6. The van der Waals surface area contributed by atoms with E-state index in [1.807, 2.05) is 38.1 Å². The Bertz CT molecular complexity index is 850. The summed E-state index contributed by atoms with van der Waals surface area (Å²) in [7, 11) is 3.37. The first-order chi connectivity index (χ1) is 13.4. The summed E-state index contributed by atoms with van der Waals surface area (Å²) in [4.78, 5) is 32.8. The van der Waals surface area contributed by atoms with Crippen molar-refractivity contribution in [1.82, 2.24) is 19.9 Å². The lowest BCUT2D eigenvalue weighted by atomic mass is 9.93. The Labute approximate surface area is 164 Å². The van der Waals surface area contributed by atoms with E-state index < -0.39 is 12.1 Å². The van der Waals surface area contributed by atoms with Gasteiger partial charge in [0.2, 0.25) is 11.8 Å². The molecule has 8 heteroatoms. The fourth-order valence-electron chi connectivity index (χ4n) is 3.39. The van der Waals surface area contributed by atoms with Crippen LogP contribution >= 0.6 is 0 Å². The highest BCUT2D eigenvalue weighted by Crippen LogP contribution is 2.32. The van der Waals surface area contributed by atoms with E-state index in [-0.39, 0.29) is 25.0 Å². The molecule has 1 saturated heterocycles. The smallest absolute Gasteiger partial charge is 0.254 e. The molecule has 2 aromatic rings. The van der Waals surface area contributed by atoms with Gasteiger partial charge in [-0.05, 0) is 24.5 Å². The second-order valence-electron chi connectivity index (χ2n) is 7.09. The molecule has 0 unspecified atom stereocenters. The van der Waals surface area contributed by atoms with Crippen LogP contribution in [0, 0.1) is 6.92 Å². The van der Waals surface area contributed by atoms with Crippen LogP contribution in [-0.2, 0) is 27.3 Å². The van der Waals surface area contributed by atoms with Crippen molar-refractivity contribution in [2.45, 2.75) is 45.4 Å². The zero-order chi connectivity index (χ0) is 20.3. The van der Waals surface area contributed by atoms with E-state index in [2.05, 4.69) is 10.1 Å². The van der Waals surface area contributed by atoms with Gasteiger partial charge in [0, 0.05) is 20.5 Å². The number of benzene rings is 1. The van der Waals surface area contributed by atoms with Crippen molar-refractivity contribution in [3.05, 3.63) is 47.1 Å². The Morgan fingerprint density at radius 3 is 2.82 bits per heavy atom. The number of carbonyl (C=O) groups excluding carboxylic acids is 2. The molecule has 28 heavy (non-hydrogen) atoms. The van der Waals surface area contributed by atoms with Crippen molar-refractivity contribution in [3.63, 3.8) is 0 Å². The van der Waals surface area contributed by atoms with Gasteiger partial charge in [-0.1, -0.05) is 36.3 Å². The summed E-state index contributed by atoms with van der Waals surface area (Å²) in [5, 5.41) is 3.92. The van der Waals surface area contributed by atoms with Crippen LogP contribution in [0.1, 0.15) is 42.2 Å². The van der Waals surface area contributed by atoms with Crippen molar-refractivity contribution in [2.75, 3.05) is 20.7 Å². The average molecular weight is 386 g/mol. The van der Waals surface area contributed by atoms with Gasteiger partial charge in [0.05, 0.1) is 12.6 Å². The maximum absolute atomic E-state index is 13.2. The van der Waals surface area contributed by atoms with E-state index in [1.165, 1.54) is 4.90 Å². The van der Waals surface area contributed by atoms with Crippen LogP contribution in [0.2, 0.25) is 0 Å². The van der Waals surface area contributed by atoms with Crippen LogP contribution in [-0.4, -0.2) is 58.6 Å².